The molecule has 0 saturated heterocycles. The molecule has 0 aliphatic heterocycles. The number of alkyl halides is 3. The number of ether oxygens (including phenoxy) is 3. The number of methoxy groups -OCH3 is 3. The van der Waals surface area contributed by atoms with Crippen molar-refractivity contribution < 1.29 is 32.2 Å². The fourth-order valence-electron chi connectivity index (χ4n) is 2.72. The first kappa shape index (κ1) is 19.9. The van der Waals surface area contributed by atoms with Crippen LogP contribution in [-0.4, -0.2) is 48.0 Å². The van der Waals surface area contributed by atoms with Crippen molar-refractivity contribution in [2.24, 2.45) is 0 Å². The molecule has 2 heterocycles. The lowest BCUT2D eigenvalue weighted by Gasteiger charge is -2.14. The molecule has 0 radical (unpaired) electrons. The van der Waals surface area contributed by atoms with Crippen molar-refractivity contribution in [3.05, 3.63) is 23.9 Å². The highest BCUT2D eigenvalue weighted by Gasteiger charge is 2.40. The van der Waals surface area contributed by atoms with Crippen LogP contribution in [0, 0.1) is 11.3 Å². The lowest BCUT2D eigenvalue weighted by molar-refractivity contribution is -0.167. The van der Waals surface area contributed by atoms with Gasteiger partial charge in [0, 0.05) is 11.8 Å². The van der Waals surface area contributed by atoms with Crippen molar-refractivity contribution in [2.75, 3.05) is 26.6 Å². The highest BCUT2D eigenvalue weighted by atomic mass is 19.4. The van der Waals surface area contributed by atoms with Crippen molar-refractivity contribution in [3.63, 3.8) is 0 Å². The fourth-order valence-corrected chi connectivity index (χ4v) is 2.72. The molecule has 2 aromatic heterocycles. The van der Waals surface area contributed by atoms with Crippen molar-refractivity contribution in [2.45, 2.75) is 6.18 Å². The third-order valence-corrected chi connectivity index (χ3v) is 4.00. The van der Waals surface area contributed by atoms with Crippen molar-refractivity contribution >= 4 is 17.4 Å². The predicted molar refractivity (Wildman–Crippen MR) is 94.0 cm³/mol. The standard InChI is InChI=1S/C17H14F3N5O4/c1-27-10-4-8(5-11(28-2)13(10)29-3)12-15(24-16(26)17(18,19)20)25-14(23-12)9(6-21)7-22-25/h4-5,7,22H,1-3H3,(H,24,26). The number of aromatic amines is 1. The monoisotopic (exact) mass is 409 g/mol. The number of nitriles is 1. The molecule has 12 heteroatoms. The van der Waals surface area contributed by atoms with Crippen LogP contribution < -0.4 is 19.5 Å². The van der Waals surface area contributed by atoms with E-state index in [1.54, 1.807) is 5.32 Å². The van der Waals surface area contributed by atoms with Gasteiger partial charge in [0.2, 0.25) is 5.75 Å². The summed E-state index contributed by atoms with van der Waals surface area (Å²) in [7, 11) is 4.14. The van der Waals surface area contributed by atoms with E-state index in [1.807, 2.05) is 6.07 Å². The first-order valence-corrected chi connectivity index (χ1v) is 7.93. The van der Waals surface area contributed by atoms with Gasteiger partial charge in [-0.15, -0.1) is 0 Å². The number of anilines is 1. The summed E-state index contributed by atoms with van der Waals surface area (Å²) in [5.41, 5.74) is 0.336. The zero-order valence-electron chi connectivity index (χ0n) is 15.3. The molecule has 0 unspecified atom stereocenters. The summed E-state index contributed by atoms with van der Waals surface area (Å²) >= 11 is 0. The van der Waals surface area contributed by atoms with E-state index >= 15 is 0 Å². The Kier molecular flexibility index (Phi) is 4.98. The summed E-state index contributed by atoms with van der Waals surface area (Å²) in [6.45, 7) is 0. The molecule has 3 aromatic rings. The van der Waals surface area contributed by atoms with Crippen LogP contribution >= 0.6 is 0 Å². The molecule has 0 saturated carbocycles. The molecule has 1 aromatic carbocycles. The molecule has 152 valence electrons. The summed E-state index contributed by atoms with van der Waals surface area (Å²) in [6, 6.07) is 4.78. The summed E-state index contributed by atoms with van der Waals surface area (Å²) in [4.78, 5) is 15.8. The van der Waals surface area contributed by atoms with Gasteiger partial charge in [-0.25, -0.2) is 9.50 Å². The van der Waals surface area contributed by atoms with Crippen LogP contribution in [0.4, 0.5) is 19.0 Å². The number of carbonyl (C=O) groups is 1. The van der Waals surface area contributed by atoms with E-state index in [4.69, 9.17) is 14.2 Å². The molecule has 0 fully saturated rings. The van der Waals surface area contributed by atoms with Gasteiger partial charge in [-0.3, -0.25) is 9.89 Å². The Bertz CT molecular complexity index is 1100. The quantitative estimate of drug-likeness (QED) is 0.670. The number of carbonyl (C=O) groups excluding carboxylic acids is 1. The Morgan fingerprint density at radius 2 is 1.83 bits per heavy atom. The van der Waals surface area contributed by atoms with Crippen molar-refractivity contribution in [1.82, 2.24) is 14.6 Å². The Morgan fingerprint density at radius 1 is 1.21 bits per heavy atom. The van der Waals surface area contributed by atoms with Gasteiger partial charge in [0.25, 0.3) is 0 Å². The number of halogens is 3. The lowest BCUT2D eigenvalue weighted by atomic mass is 10.1. The maximum atomic E-state index is 12.8. The van der Waals surface area contributed by atoms with E-state index in [9.17, 15) is 23.2 Å². The smallest absolute Gasteiger partial charge is 0.471 e. The zero-order chi connectivity index (χ0) is 21.3. The van der Waals surface area contributed by atoms with Gasteiger partial charge in [0.05, 0.1) is 21.3 Å². The molecule has 0 spiro atoms. The normalized spacial score (nSPS) is 11.2. The van der Waals surface area contributed by atoms with Gasteiger partial charge < -0.3 is 19.5 Å². The molecule has 0 aliphatic rings. The molecule has 0 atom stereocenters. The third-order valence-electron chi connectivity index (χ3n) is 4.00. The molecule has 0 aliphatic carbocycles. The first-order chi connectivity index (χ1) is 13.7. The van der Waals surface area contributed by atoms with Gasteiger partial charge in [-0.05, 0) is 12.1 Å². The van der Waals surface area contributed by atoms with E-state index in [0.29, 0.717) is 0 Å². The average Bonchev–Trinajstić information content (AvgIpc) is 3.25. The average molecular weight is 409 g/mol. The molecule has 2 N–H and O–H groups in total. The minimum Gasteiger partial charge on any atom is -0.493 e. The fraction of sp³-hybridized carbons (Fsp3) is 0.235. The van der Waals surface area contributed by atoms with E-state index < -0.39 is 12.1 Å². The summed E-state index contributed by atoms with van der Waals surface area (Å²) in [5, 5.41) is 13.6. The molecule has 3 rings (SSSR count). The maximum absolute atomic E-state index is 12.8. The first-order valence-electron chi connectivity index (χ1n) is 7.93. The number of rotatable bonds is 5. The van der Waals surface area contributed by atoms with E-state index in [2.05, 4.69) is 10.1 Å². The number of nitrogens with one attached hydrogen (secondary N) is 2. The molecular formula is C17H14F3N5O4. The van der Waals surface area contributed by atoms with Gasteiger partial charge in [-0.2, -0.15) is 18.4 Å². The SMILES string of the molecule is COc1cc(-c2nc3c(C#N)c[nH]n3c2NC(=O)C(F)(F)F)cc(OC)c1OC. The Hall–Kier alpha value is -3.88. The Labute approximate surface area is 161 Å². The molecule has 9 nitrogen and oxygen atoms in total. The summed E-state index contributed by atoms with van der Waals surface area (Å²) in [6.07, 6.45) is -3.87. The molecule has 0 bridgehead atoms. The van der Waals surface area contributed by atoms with Crippen LogP contribution in [0.15, 0.2) is 18.3 Å². The van der Waals surface area contributed by atoms with Crippen LogP contribution in [0.25, 0.3) is 16.9 Å². The summed E-state index contributed by atoms with van der Waals surface area (Å²) in [5.74, 6) is -1.78. The van der Waals surface area contributed by atoms with Crippen LogP contribution in [0.2, 0.25) is 0 Å². The highest BCUT2D eigenvalue weighted by Crippen LogP contribution is 2.42. The molecule has 29 heavy (non-hydrogen) atoms. The Morgan fingerprint density at radius 3 is 2.31 bits per heavy atom. The molecule has 1 amide bonds. The van der Waals surface area contributed by atoms with Gasteiger partial charge in [0.1, 0.15) is 17.3 Å². The van der Waals surface area contributed by atoms with Crippen molar-refractivity contribution in [1.29, 1.82) is 5.26 Å². The number of imidazole rings is 1. The number of hydrogen-bond donors (Lipinski definition) is 2. The largest absolute Gasteiger partial charge is 0.493 e. The Balaban J connectivity index is 2.26. The predicted octanol–water partition coefficient (Wildman–Crippen LogP) is 2.73. The number of fused-ring (bicyclic) bond motifs is 1. The zero-order valence-corrected chi connectivity index (χ0v) is 15.3. The van der Waals surface area contributed by atoms with E-state index in [0.717, 1.165) is 4.52 Å². The van der Waals surface area contributed by atoms with Gasteiger partial charge in [-0.1, -0.05) is 0 Å². The highest BCUT2D eigenvalue weighted by molar-refractivity contribution is 5.98. The number of benzene rings is 1. The minimum atomic E-state index is -5.12. The van der Waals surface area contributed by atoms with Crippen LogP contribution in [0.1, 0.15) is 5.56 Å². The number of H-pyrrole nitrogens is 1. The second-order valence-corrected chi connectivity index (χ2v) is 5.63. The van der Waals surface area contributed by atoms with E-state index in [-0.39, 0.29) is 45.5 Å². The van der Waals surface area contributed by atoms with E-state index in [1.165, 1.54) is 39.7 Å². The third kappa shape index (κ3) is 3.38. The van der Waals surface area contributed by atoms with Crippen LogP contribution in [0.3, 0.4) is 0 Å². The molecular weight excluding hydrogens is 395 g/mol. The summed E-state index contributed by atoms with van der Waals surface area (Å²) < 4.78 is 55.3. The minimum absolute atomic E-state index is 0.0359. The lowest BCUT2D eigenvalue weighted by Crippen LogP contribution is -2.30. The number of aromatic nitrogens is 3. The number of hydrogen-bond acceptors (Lipinski definition) is 6. The second kappa shape index (κ2) is 7.27. The second-order valence-electron chi connectivity index (χ2n) is 5.63. The van der Waals surface area contributed by atoms with Crippen LogP contribution in [-0.2, 0) is 4.79 Å². The number of amides is 1. The van der Waals surface area contributed by atoms with Gasteiger partial charge >= 0.3 is 12.1 Å². The van der Waals surface area contributed by atoms with Crippen LogP contribution in [0.5, 0.6) is 17.2 Å². The number of nitrogens with zero attached hydrogens (tertiary/aromatic N) is 3. The van der Waals surface area contributed by atoms with Gasteiger partial charge in [0.15, 0.2) is 23.0 Å². The van der Waals surface area contributed by atoms with Crippen molar-refractivity contribution in [3.8, 4) is 34.6 Å². The maximum Gasteiger partial charge on any atom is 0.471 e. The topological polar surface area (TPSA) is 114 Å².